The van der Waals surface area contributed by atoms with E-state index in [1.165, 1.54) is 24.3 Å². The second kappa shape index (κ2) is 3.33. The number of aromatic hydroxyl groups is 1. The van der Waals surface area contributed by atoms with Crippen LogP contribution in [0.5, 0.6) is 5.75 Å². The van der Waals surface area contributed by atoms with E-state index >= 15 is 0 Å². The molecule has 0 amide bonds. The molecule has 0 aliphatic rings. The Kier molecular flexibility index (Phi) is 2.60. The van der Waals surface area contributed by atoms with Gasteiger partial charge in [-0.15, -0.1) is 0 Å². The molecular formula is C8H6Cl2O2. The number of carbonyl (C=O) groups is 1. The minimum Gasteiger partial charge on any atom is -0.508 e. The number of alkyl halides is 2. The molecule has 0 bridgehead atoms. The molecule has 0 heterocycles. The summed E-state index contributed by atoms with van der Waals surface area (Å²) in [5.74, 6) is 0.105. The molecule has 4 heteroatoms. The Bertz CT molecular complexity index is 280. The highest BCUT2D eigenvalue weighted by Crippen LogP contribution is 2.31. The van der Waals surface area contributed by atoms with Crippen LogP contribution in [0.25, 0.3) is 0 Å². The average Bonchev–Trinajstić information content (AvgIpc) is 2.05. The fourth-order valence-electron chi connectivity index (χ4n) is 0.752. The van der Waals surface area contributed by atoms with Crippen molar-refractivity contribution in [3.63, 3.8) is 0 Å². The number of phenolic OH excluding ortho intramolecular Hbond substituents is 1. The first-order valence-electron chi connectivity index (χ1n) is 3.20. The minimum absolute atomic E-state index is 0.105. The average molecular weight is 205 g/mol. The summed E-state index contributed by atoms with van der Waals surface area (Å²) >= 11 is 11.2. The summed E-state index contributed by atoms with van der Waals surface area (Å²) in [7, 11) is 0. The monoisotopic (exact) mass is 204 g/mol. The van der Waals surface area contributed by atoms with Gasteiger partial charge in [0.1, 0.15) is 5.75 Å². The molecule has 1 rings (SSSR count). The van der Waals surface area contributed by atoms with Gasteiger partial charge < -0.3 is 5.11 Å². The van der Waals surface area contributed by atoms with Crippen molar-refractivity contribution in [3.05, 3.63) is 29.8 Å². The van der Waals surface area contributed by atoms with Crippen LogP contribution in [0.1, 0.15) is 5.56 Å². The molecule has 0 aromatic heterocycles. The number of hydrogen-bond acceptors (Lipinski definition) is 2. The third-order valence-electron chi connectivity index (χ3n) is 1.40. The molecule has 1 aromatic rings. The SMILES string of the molecule is O=CC(Cl)(Cl)c1ccc(O)cc1. The van der Waals surface area contributed by atoms with Crippen LogP contribution in [0.2, 0.25) is 0 Å². The summed E-state index contributed by atoms with van der Waals surface area (Å²) in [4.78, 5) is 10.4. The molecule has 0 fully saturated rings. The van der Waals surface area contributed by atoms with Crippen LogP contribution in [0.15, 0.2) is 24.3 Å². The highest BCUT2D eigenvalue weighted by Gasteiger charge is 2.25. The van der Waals surface area contributed by atoms with Crippen molar-refractivity contribution in [2.24, 2.45) is 0 Å². The molecule has 0 saturated heterocycles. The van der Waals surface area contributed by atoms with Crippen LogP contribution in [-0.2, 0) is 9.13 Å². The molecule has 0 atom stereocenters. The van der Waals surface area contributed by atoms with Gasteiger partial charge in [0.25, 0.3) is 0 Å². The molecule has 0 unspecified atom stereocenters. The lowest BCUT2D eigenvalue weighted by molar-refractivity contribution is -0.108. The van der Waals surface area contributed by atoms with Gasteiger partial charge in [-0.1, -0.05) is 35.3 Å². The van der Waals surface area contributed by atoms with Gasteiger partial charge in [-0.2, -0.15) is 0 Å². The van der Waals surface area contributed by atoms with E-state index in [0.717, 1.165) is 0 Å². The van der Waals surface area contributed by atoms with E-state index in [-0.39, 0.29) is 5.75 Å². The number of aldehydes is 1. The van der Waals surface area contributed by atoms with Crippen LogP contribution in [-0.4, -0.2) is 11.4 Å². The zero-order chi connectivity index (χ0) is 9.19. The molecule has 0 aliphatic carbocycles. The molecular weight excluding hydrogens is 199 g/mol. The van der Waals surface area contributed by atoms with Crippen LogP contribution in [0.4, 0.5) is 0 Å². The molecule has 0 saturated carbocycles. The standard InChI is InChI=1S/C8H6Cl2O2/c9-8(10,5-11)6-1-3-7(12)4-2-6/h1-5,12H. The van der Waals surface area contributed by atoms with Gasteiger partial charge in [-0.05, 0) is 17.7 Å². The van der Waals surface area contributed by atoms with Gasteiger partial charge in [0.15, 0.2) is 10.6 Å². The van der Waals surface area contributed by atoms with E-state index in [1.807, 2.05) is 0 Å². The number of halogens is 2. The van der Waals surface area contributed by atoms with E-state index in [1.54, 1.807) is 0 Å². The molecule has 2 nitrogen and oxygen atoms in total. The van der Waals surface area contributed by atoms with Crippen LogP contribution < -0.4 is 0 Å². The lowest BCUT2D eigenvalue weighted by Gasteiger charge is -2.11. The predicted molar refractivity (Wildman–Crippen MR) is 47.6 cm³/mol. The Hall–Kier alpha value is -0.730. The summed E-state index contributed by atoms with van der Waals surface area (Å²) in [6.07, 6.45) is 0.433. The van der Waals surface area contributed by atoms with Gasteiger partial charge in [-0.3, -0.25) is 4.79 Å². The topological polar surface area (TPSA) is 37.3 Å². The first-order chi connectivity index (χ1) is 5.56. The van der Waals surface area contributed by atoms with E-state index in [0.29, 0.717) is 11.8 Å². The van der Waals surface area contributed by atoms with Gasteiger partial charge >= 0.3 is 0 Å². The highest BCUT2D eigenvalue weighted by atomic mass is 35.5. The number of carbonyl (C=O) groups excluding carboxylic acids is 1. The van der Waals surface area contributed by atoms with Crippen LogP contribution >= 0.6 is 23.2 Å². The zero-order valence-electron chi connectivity index (χ0n) is 6.00. The molecule has 64 valence electrons. The van der Waals surface area contributed by atoms with Crippen molar-refractivity contribution in [1.82, 2.24) is 0 Å². The number of benzene rings is 1. The smallest absolute Gasteiger partial charge is 0.197 e. The quantitative estimate of drug-likeness (QED) is 0.593. The maximum absolute atomic E-state index is 10.4. The van der Waals surface area contributed by atoms with Gasteiger partial charge in [0.05, 0.1) is 0 Å². The molecule has 0 spiro atoms. The molecule has 0 aliphatic heterocycles. The Morgan fingerprint density at radius 3 is 2.17 bits per heavy atom. The maximum Gasteiger partial charge on any atom is 0.197 e. The lowest BCUT2D eigenvalue weighted by atomic mass is 10.1. The summed E-state index contributed by atoms with van der Waals surface area (Å²) in [6, 6.07) is 5.81. The lowest BCUT2D eigenvalue weighted by Crippen LogP contribution is -2.10. The summed E-state index contributed by atoms with van der Waals surface area (Å²) < 4.78 is -1.52. The Morgan fingerprint density at radius 2 is 1.75 bits per heavy atom. The second-order valence-electron chi connectivity index (χ2n) is 2.29. The number of phenols is 1. The van der Waals surface area contributed by atoms with Crippen molar-refractivity contribution in [2.45, 2.75) is 4.33 Å². The fraction of sp³-hybridized carbons (Fsp3) is 0.125. The maximum atomic E-state index is 10.4. The van der Waals surface area contributed by atoms with Crippen LogP contribution in [0, 0.1) is 0 Å². The Labute approximate surface area is 79.7 Å². The van der Waals surface area contributed by atoms with Crippen molar-refractivity contribution < 1.29 is 9.90 Å². The summed E-state index contributed by atoms with van der Waals surface area (Å²) in [5.41, 5.74) is 0.443. The van der Waals surface area contributed by atoms with Crippen molar-refractivity contribution >= 4 is 29.5 Å². The highest BCUT2D eigenvalue weighted by molar-refractivity contribution is 6.55. The largest absolute Gasteiger partial charge is 0.508 e. The zero-order valence-corrected chi connectivity index (χ0v) is 7.51. The Balaban J connectivity index is 3.04. The van der Waals surface area contributed by atoms with Crippen LogP contribution in [0.3, 0.4) is 0 Å². The van der Waals surface area contributed by atoms with E-state index < -0.39 is 4.33 Å². The van der Waals surface area contributed by atoms with E-state index in [9.17, 15) is 4.79 Å². The number of rotatable bonds is 2. The molecule has 12 heavy (non-hydrogen) atoms. The summed E-state index contributed by atoms with van der Waals surface area (Å²) in [5, 5.41) is 8.92. The molecule has 1 N–H and O–H groups in total. The third kappa shape index (κ3) is 1.90. The first kappa shape index (κ1) is 9.36. The Morgan fingerprint density at radius 1 is 1.25 bits per heavy atom. The first-order valence-corrected chi connectivity index (χ1v) is 3.95. The van der Waals surface area contributed by atoms with Gasteiger partial charge in [0, 0.05) is 0 Å². The van der Waals surface area contributed by atoms with Gasteiger partial charge in [-0.25, -0.2) is 0 Å². The van der Waals surface area contributed by atoms with Gasteiger partial charge in [0.2, 0.25) is 0 Å². The second-order valence-corrected chi connectivity index (χ2v) is 3.67. The van der Waals surface area contributed by atoms with Crippen molar-refractivity contribution in [3.8, 4) is 5.75 Å². The van der Waals surface area contributed by atoms with E-state index in [2.05, 4.69) is 0 Å². The molecule has 0 radical (unpaired) electrons. The van der Waals surface area contributed by atoms with Crippen molar-refractivity contribution in [1.29, 1.82) is 0 Å². The van der Waals surface area contributed by atoms with E-state index in [4.69, 9.17) is 28.3 Å². The predicted octanol–water partition coefficient (Wildman–Crippen LogP) is 2.22. The normalized spacial score (nSPS) is 11.2. The number of hydrogen-bond donors (Lipinski definition) is 1. The third-order valence-corrected chi connectivity index (χ3v) is 2.01. The summed E-state index contributed by atoms with van der Waals surface area (Å²) in [6.45, 7) is 0. The molecule has 1 aromatic carbocycles. The minimum atomic E-state index is -1.52. The fourth-order valence-corrected chi connectivity index (χ4v) is 1.00. The van der Waals surface area contributed by atoms with Crippen molar-refractivity contribution in [2.75, 3.05) is 0 Å².